The van der Waals surface area contributed by atoms with E-state index in [-0.39, 0.29) is 5.78 Å². The van der Waals surface area contributed by atoms with Crippen LogP contribution in [-0.4, -0.2) is 12.9 Å². The molecule has 0 fully saturated rings. The predicted octanol–water partition coefficient (Wildman–Crippen LogP) is 8.87. The van der Waals surface area contributed by atoms with Gasteiger partial charge in [0.15, 0.2) is 15.6 Å². The number of hydrogen-bond donors (Lipinski definition) is 0. The summed E-state index contributed by atoms with van der Waals surface area (Å²) in [5, 5.41) is 0. The number of carbonyl (C=O) groups excluding carboxylic acids is 1. The number of hydrogen-bond acceptors (Lipinski definition) is 3. The first-order valence-corrected chi connectivity index (χ1v) is 14.2. The van der Waals surface area contributed by atoms with E-state index in [2.05, 4.69) is 0 Å². The van der Waals surface area contributed by atoms with Crippen molar-refractivity contribution in [3.05, 3.63) is 143 Å². The zero-order valence-electron chi connectivity index (χ0n) is 21.3. The molecule has 0 saturated carbocycles. The third-order valence-corrected chi connectivity index (χ3v) is 9.35. The molecule has 0 amide bonds. The number of methoxy groups -OCH3 is 1. The Balaban J connectivity index is 1.49. The fourth-order valence-corrected chi connectivity index (χ4v) is 7.06. The molecule has 5 rings (SSSR count). The van der Waals surface area contributed by atoms with Crippen molar-refractivity contribution in [1.29, 1.82) is 0 Å². The van der Waals surface area contributed by atoms with Gasteiger partial charge in [-0.05, 0) is 60.7 Å². The summed E-state index contributed by atoms with van der Waals surface area (Å²) in [5.74, 6) is -9.60. The fraction of sp³-hybridized carbons (Fsp3) is 0.0312. The van der Waals surface area contributed by atoms with Crippen molar-refractivity contribution in [2.45, 2.75) is 24.5 Å². The molecule has 1 atom stereocenters. The number of ether oxygens (including phenoxy) is 1. The van der Waals surface area contributed by atoms with Crippen LogP contribution in [0.25, 0.3) is 0 Å². The van der Waals surface area contributed by atoms with Crippen molar-refractivity contribution in [2.24, 2.45) is 0 Å². The molecule has 206 valence electrons. The minimum absolute atomic E-state index is 0.116. The molecule has 5 aromatic rings. The summed E-state index contributed by atoms with van der Waals surface area (Å²) in [4.78, 5) is 14.1. The second-order valence-electron chi connectivity index (χ2n) is 8.68. The third-order valence-electron chi connectivity index (χ3n) is 6.10. The first-order chi connectivity index (χ1) is 19.8. The van der Waals surface area contributed by atoms with Gasteiger partial charge in [0, 0.05) is 20.9 Å². The Labute approximate surface area is 240 Å². The summed E-state index contributed by atoms with van der Waals surface area (Å²) < 4.78 is 77.4. The van der Waals surface area contributed by atoms with Crippen LogP contribution in [0.1, 0.15) is 15.9 Å². The van der Waals surface area contributed by atoms with Gasteiger partial charge in [0.05, 0.1) is 7.11 Å². The quantitative estimate of drug-likeness (QED) is 0.0589. The number of benzene rings is 5. The maximum absolute atomic E-state index is 15.0. The predicted molar refractivity (Wildman–Crippen MR) is 148 cm³/mol. The second-order valence-corrected chi connectivity index (χ2v) is 11.8. The standard InChI is InChI=1S/C32H20F5O2S2/c1-39-21-10-14-24(15-11-21)41(32-29(36)27(34)26(33)28(35)30(32)37)25-16-12-22(13-17-25)40-23-9-5-8-20(18-23)31(38)19-6-3-2-4-7-19/h2-18H,1H3/q+1. The van der Waals surface area contributed by atoms with Gasteiger partial charge in [-0.1, -0.05) is 54.2 Å². The number of halogens is 5. The number of ketones is 1. The summed E-state index contributed by atoms with van der Waals surface area (Å²) in [6.07, 6.45) is 0. The highest BCUT2D eigenvalue weighted by atomic mass is 32.2. The molecular formula is C32H20F5O2S2+. The van der Waals surface area contributed by atoms with Gasteiger partial charge >= 0.3 is 0 Å². The molecule has 0 aliphatic carbocycles. The van der Waals surface area contributed by atoms with Gasteiger partial charge in [0.2, 0.25) is 34.0 Å². The van der Waals surface area contributed by atoms with Crippen molar-refractivity contribution in [1.82, 2.24) is 0 Å². The van der Waals surface area contributed by atoms with Crippen LogP contribution in [-0.2, 0) is 10.9 Å². The van der Waals surface area contributed by atoms with E-state index in [1.807, 2.05) is 12.1 Å². The second kappa shape index (κ2) is 12.2. The van der Waals surface area contributed by atoms with E-state index >= 15 is 0 Å². The van der Waals surface area contributed by atoms with Crippen molar-refractivity contribution >= 4 is 28.4 Å². The van der Waals surface area contributed by atoms with Crippen LogP contribution < -0.4 is 4.74 Å². The largest absolute Gasteiger partial charge is 0.497 e. The van der Waals surface area contributed by atoms with E-state index in [1.165, 1.54) is 31.0 Å². The van der Waals surface area contributed by atoms with E-state index in [0.29, 0.717) is 26.7 Å². The molecule has 2 nitrogen and oxygen atoms in total. The minimum atomic E-state index is -2.21. The molecule has 0 heterocycles. The van der Waals surface area contributed by atoms with E-state index in [4.69, 9.17) is 4.74 Å². The molecule has 0 N–H and O–H groups in total. The van der Waals surface area contributed by atoms with Crippen LogP contribution in [0.5, 0.6) is 5.75 Å². The van der Waals surface area contributed by atoms with Crippen LogP contribution in [0.4, 0.5) is 22.0 Å². The Kier molecular flexibility index (Phi) is 8.46. The zero-order chi connectivity index (χ0) is 29.1. The van der Waals surface area contributed by atoms with Crippen LogP contribution >= 0.6 is 11.8 Å². The van der Waals surface area contributed by atoms with E-state index in [0.717, 1.165) is 9.79 Å². The van der Waals surface area contributed by atoms with Crippen molar-refractivity contribution < 1.29 is 31.5 Å². The van der Waals surface area contributed by atoms with Gasteiger partial charge in [0.25, 0.3) is 0 Å². The van der Waals surface area contributed by atoms with Gasteiger partial charge in [-0.15, -0.1) is 0 Å². The molecule has 0 bridgehead atoms. The lowest BCUT2D eigenvalue weighted by Crippen LogP contribution is -2.14. The molecule has 0 aliphatic heterocycles. The number of carbonyl (C=O) groups is 1. The molecule has 5 aromatic carbocycles. The average molecular weight is 596 g/mol. The van der Waals surface area contributed by atoms with Gasteiger partial charge < -0.3 is 4.74 Å². The summed E-state index contributed by atoms with van der Waals surface area (Å²) in [6.45, 7) is 0. The van der Waals surface area contributed by atoms with Crippen molar-refractivity contribution in [2.75, 3.05) is 7.11 Å². The molecule has 0 radical (unpaired) electrons. The highest BCUT2D eigenvalue weighted by molar-refractivity contribution is 7.99. The third kappa shape index (κ3) is 5.87. The molecular weight excluding hydrogens is 575 g/mol. The summed E-state index contributed by atoms with van der Waals surface area (Å²) in [5.41, 5.74) is 1.09. The molecule has 0 aromatic heterocycles. The Hall–Kier alpha value is -4.08. The molecule has 9 heteroatoms. The Morgan fingerprint density at radius 3 is 1.73 bits per heavy atom. The van der Waals surface area contributed by atoms with Gasteiger partial charge in [-0.2, -0.15) is 8.78 Å². The molecule has 0 aliphatic rings. The molecule has 0 saturated heterocycles. The normalized spacial score (nSPS) is 11.8. The summed E-state index contributed by atoms with van der Waals surface area (Å²) in [6, 6.07) is 28.7. The smallest absolute Gasteiger partial charge is 0.243 e. The van der Waals surface area contributed by atoms with E-state index in [9.17, 15) is 26.7 Å². The van der Waals surface area contributed by atoms with Crippen molar-refractivity contribution in [3.8, 4) is 5.75 Å². The maximum atomic E-state index is 15.0. The Morgan fingerprint density at radius 2 is 1.15 bits per heavy atom. The first kappa shape index (κ1) is 28.4. The van der Waals surface area contributed by atoms with E-state index < -0.39 is 44.9 Å². The lowest BCUT2D eigenvalue weighted by molar-refractivity contribution is 0.103. The van der Waals surface area contributed by atoms with Crippen LogP contribution in [0.2, 0.25) is 0 Å². The highest BCUT2D eigenvalue weighted by Crippen LogP contribution is 2.39. The zero-order valence-corrected chi connectivity index (χ0v) is 23.0. The Bertz CT molecular complexity index is 1680. The van der Waals surface area contributed by atoms with E-state index in [1.54, 1.807) is 78.9 Å². The van der Waals surface area contributed by atoms with Crippen LogP contribution in [0.3, 0.4) is 0 Å². The Morgan fingerprint density at radius 1 is 0.610 bits per heavy atom. The maximum Gasteiger partial charge on any atom is 0.243 e. The first-order valence-electron chi connectivity index (χ1n) is 12.2. The van der Waals surface area contributed by atoms with Crippen LogP contribution in [0, 0.1) is 29.1 Å². The fourth-order valence-electron chi connectivity index (χ4n) is 4.08. The molecule has 41 heavy (non-hydrogen) atoms. The molecule has 0 spiro atoms. The topological polar surface area (TPSA) is 26.3 Å². The average Bonchev–Trinajstić information content (AvgIpc) is 3.02. The highest BCUT2D eigenvalue weighted by Gasteiger charge is 2.41. The van der Waals surface area contributed by atoms with Crippen LogP contribution in [0.15, 0.2) is 128 Å². The SMILES string of the molecule is COc1ccc([S+](c2ccc(Sc3cccc(C(=O)c4ccccc4)c3)cc2)c2c(F)c(F)c(F)c(F)c2F)cc1. The lowest BCUT2D eigenvalue weighted by Gasteiger charge is -2.12. The van der Waals surface area contributed by atoms with Crippen molar-refractivity contribution in [3.63, 3.8) is 0 Å². The van der Waals surface area contributed by atoms with Gasteiger partial charge in [-0.25, -0.2) is 13.2 Å². The van der Waals surface area contributed by atoms with Gasteiger partial charge in [0.1, 0.15) is 16.6 Å². The van der Waals surface area contributed by atoms with Gasteiger partial charge in [-0.3, -0.25) is 4.79 Å². The summed E-state index contributed by atoms with van der Waals surface area (Å²) >= 11 is 1.36. The number of rotatable bonds is 8. The summed E-state index contributed by atoms with van der Waals surface area (Å²) in [7, 11) is -0.222. The lowest BCUT2D eigenvalue weighted by atomic mass is 10.0. The minimum Gasteiger partial charge on any atom is -0.497 e. The monoisotopic (exact) mass is 595 g/mol. The molecule has 1 unspecified atom stereocenters.